The average Bonchev–Trinajstić information content (AvgIpc) is 2.77. The number of hydrogen-bond donors (Lipinski definition) is 1. The lowest BCUT2D eigenvalue weighted by Gasteiger charge is -2.11. The standard InChI is InChI=1S/C14H20N4O/c1-11(2)6-16-7-12-4-5-15-9-14(12)19-13-8-17-18(3)10-13/h4-5,8-11,16H,6-7H2,1-3H3. The first-order valence-electron chi connectivity index (χ1n) is 6.45. The summed E-state index contributed by atoms with van der Waals surface area (Å²) in [5, 5.41) is 7.49. The van der Waals surface area contributed by atoms with Crippen LogP contribution in [0.1, 0.15) is 19.4 Å². The van der Waals surface area contributed by atoms with Gasteiger partial charge in [0.15, 0.2) is 5.75 Å². The molecule has 102 valence electrons. The lowest BCUT2D eigenvalue weighted by molar-refractivity contribution is 0.466. The first kappa shape index (κ1) is 13.5. The van der Waals surface area contributed by atoms with Crippen LogP contribution >= 0.6 is 0 Å². The van der Waals surface area contributed by atoms with E-state index in [1.165, 1.54) is 0 Å². The van der Waals surface area contributed by atoms with Gasteiger partial charge in [-0.25, -0.2) is 0 Å². The number of ether oxygens (including phenoxy) is 1. The van der Waals surface area contributed by atoms with Crippen molar-refractivity contribution in [1.82, 2.24) is 20.1 Å². The number of nitrogens with zero attached hydrogens (tertiary/aromatic N) is 3. The Morgan fingerprint density at radius 3 is 2.89 bits per heavy atom. The summed E-state index contributed by atoms with van der Waals surface area (Å²) < 4.78 is 7.51. The van der Waals surface area contributed by atoms with Gasteiger partial charge in [-0.3, -0.25) is 9.67 Å². The van der Waals surface area contributed by atoms with Crippen molar-refractivity contribution in [1.29, 1.82) is 0 Å². The molecule has 0 saturated heterocycles. The SMILES string of the molecule is CC(C)CNCc1ccncc1Oc1cnn(C)c1. The summed E-state index contributed by atoms with van der Waals surface area (Å²) in [4.78, 5) is 4.11. The van der Waals surface area contributed by atoms with Crippen molar-refractivity contribution in [2.75, 3.05) is 6.54 Å². The number of rotatable bonds is 6. The van der Waals surface area contributed by atoms with Gasteiger partial charge in [-0.2, -0.15) is 5.10 Å². The second-order valence-electron chi connectivity index (χ2n) is 4.96. The third-order valence-electron chi connectivity index (χ3n) is 2.65. The highest BCUT2D eigenvalue weighted by molar-refractivity contribution is 5.33. The molecule has 19 heavy (non-hydrogen) atoms. The minimum atomic E-state index is 0.629. The molecule has 0 aliphatic heterocycles. The van der Waals surface area contributed by atoms with Gasteiger partial charge in [0, 0.05) is 25.4 Å². The van der Waals surface area contributed by atoms with Crippen LogP contribution in [0.25, 0.3) is 0 Å². The highest BCUT2D eigenvalue weighted by Gasteiger charge is 2.06. The molecule has 2 heterocycles. The number of aromatic nitrogens is 3. The van der Waals surface area contributed by atoms with Gasteiger partial charge < -0.3 is 10.1 Å². The van der Waals surface area contributed by atoms with Crippen molar-refractivity contribution in [3.05, 3.63) is 36.4 Å². The predicted octanol–water partition coefficient (Wildman–Crippen LogP) is 2.35. The molecule has 1 N–H and O–H groups in total. The summed E-state index contributed by atoms with van der Waals surface area (Å²) >= 11 is 0. The Balaban J connectivity index is 2.03. The van der Waals surface area contributed by atoms with Crippen LogP contribution in [0.3, 0.4) is 0 Å². The molecule has 0 saturated carbocycles. The van der Waals surface area contributed by atoms with E-state index in [0.29, 0.717) is 5.92 Å². The van der Waals surface area contributed by atoms with E-state index in [4.69, 9.17) is 4.74 Å². The summed E-state index contributed by atoms with van der Waals surface area (Å²) in [6.45, 7) is 6.13. The number of hydrogen-bond acceptors (Lipinski definition) is 4. The minimum absolute atomic E-state index is 0.629. The Morgan fingerprint density at radius 2 is 2.21 bits per heavy atom. The Morgan fingerprint density at radius 1 is 1.37 bits per heavy atom. The van der Waals surface area contributed by atoms with Crippen molar-refractivity contribution >= 4 is 0 Å². The Kier molecular flexibility index (Phi) is 4.52. The minimum Gasteiger partial charge on any atom is -0.452 e. The van der Waals surface area contributed by atoms with Crippen LogP contribution in [0.15, 0.2) is 30.9 Å². The molecule has 0 aliphatic rings. The van der Waals surface area contributed by atoms with Gasteiger partial charge in [-0.1, -0.05) is 13.8 Å². The largest absolute Gasteiger partial charge is 0.452 e. The highest BCUT2D eigenvalue weighted by atomic mass is 16.5. The van der Waals surface area contributed by atoms with Gasteiger partial charge in [-0.05, 0) is 18.5 Å². The molecule has 2 aromatic rings. The first-order chi connectivity index (χ1) is 9.15. The number of nitrogens with one attached hydrogen (secondary N) is 1. The zero-order valence-electron chi connectivity index (χ0n) is 11.6. The van der Waals surface area contributed by atoms with Gasteiger partial charge in [0.2, 0.25) is 0 Å². The first-order valence-corrected chi connectivity index (χ1v) is 6.45. The van der Waals surface area contributed by atoms with Crippen molar-refractivity contribution < 1.29 is 4.74 Å². The monoisotopic (exact) mass is 260 g/mol. The predicted molar refractivity (Wildman–Crippen MR) is 74.1 cm³/mol. The van der Waals surface area contributed by atoms with E-state index in [0.717, 1.165) is 30.2 Å². The lowest BCUT2D eigenvalue weighted by atomic mass is 10.2. The van der Waals surface area contributed by atoms with Crippen LogP contribution in [0.2, 0.25) is 0 Å². The topological polar surface area (TPSA) is 52.0 Å². The second-order valence-corrected chi connectivity index (χ2v) is 4.96. The molecule has 5 heteroatoms. The third-order valence-corrected chi connectivity index (χ3v) is 2.65. The maximum atomic E-state index is 5.80. The van der Waals surface area contributed by atoms with E-state index in [-0.39, 0.29) is 0 Å². The molecule has 2 aromatic heterocycles. The van der Waals surface area contributed by atoms with Gasteiger partial charge >= 0.3 is 0 Å². The van der Waals surface area contributed by atoms with Crippen LogP contribution < -0.4 is 10.1 Å². The zero-order valence-corrected chi connectivity index (χ0v) is 11.6. The summed E-state index contributed by atoms with van der Waals surface area (Å²) in [5.74, 6) is 2.12. The maximum absolute atomic E-state index is 5.80. The van der Waals surface area contributed by atoms with Crippen molar-refractivity contribution in [2.45, 2.75) is 20.4 Å². The maximum Gasteiger partial charge on any atom is 0.165 e. The van der Waals surface area contributed by atoms with E-state index in [2.05, 4.69) is 29.2 Å². The number of aryl methyl sites for hydroxylation is 1. The third kappa shape index (κ3) is 4.06. The van der Waals surface area contributed by atoms with Crippen LogP contribution in [0.4, 0.5) is 0 Å². The highest BCUT2D eigenvalue weighted by Crippen LogP contribution is 2.23. The molecule has 0 aliphatic carbocycles. The van der Waals surface area contributed by atoms with Gasteiger partial charge in [0.05, 0.1) is 18.6 Å². The molecule has 0 bridgehead atoms. The molecular weight excluding hydrogens is 240 g/mol. The molecule has 2 rings (SSSR count). The quantitative estimate of drug-likeness (QED) is 0.866. The van der Waals surface area contributed by atoms with Crippen LogP contribution in [-0.2, 0) is 13.6 Å². The molecule has 0 unspecified atom stereocenters. The smallest absolute Gasteiger partial charge is 0.165 e. The van der Waals surface area contributed by atoms with Crippen LogP contribution in [0.5, 0.6) is 11.5 Å². The van der Waals surface area contributed by atoms with E-state index in [1.807, 2.05) is 19.3 Å². The van der Waals surface area contributed by atoms with Gasteiger partial charge in [0.1, 0.15) is 5.75 Å². The second kappa shape index (κ2) is 6.33. The molecule has 0 amide bonds. The van der Waals surface area contributed by atoms with Crippen molar-refractivity contribution in [3.63, 3.8) is 0 Å². The van der Waals surface area contributed by atoms with E-state index in [1.54, 1.807) is 23.3 Å². The fourth-order valence-corrected chi connectivity index (χ4v) is 1.72. The molecular formula is C14H20N4O. The molecule has 0 aromatic carbocycles. The van der Waals surface area contributed by atoms with E-state index in [9.17, 15) is 0 Å². The summed E-state index contributed by atoms with van der Waals surface area (Å²) in [6, 6.07) is 1.97. The van der Waals surface area contributed by atoms with E-state index >= 15 is 0 Å². The lowest BCUT2D eigenvalue weighted by Crippen LogP contribution is -2.19. The molecule has 0 spiro atoms. The normalized spacial score (nSPS) is 10.9. The average molecular weight is 260 g/mol. The summed E-state index contributed by atoms with van der Waals surface area (Å²) in [6.07, 6.45) is 7.04. The summed E-state index contributed by atoms with van der Waals surface area (Å²) in [5.41, 5.74) is 1.10. The van der Waals surface area contributed by atoms with Crippen molar-refractivity contribution in [3.8, 4) is 11.5 Å². The molecule has 0 atom stereocenters. The van der Waals surface area contributed by atoms with Gasteiger partial charge in [0.25, 0.3) is 0 Å². The summed E-state index contributed by atoms with van der Waals surface area (Å²) in [7, 11) is 1.86. The van der Waals surface area contributed by atoms with Crippen molar-refractivity contribution in [2.24, 2.45) is 13.0 Å². The van der Waals surface area contributed by atoms with E-state index < -0.39 is 0 Å². The van der Waals surface area contributed by atoms with Crippen LogP contribution in [-0.4, -0.2) is 21.3 Å². The Hall–Kier alpha value is -1.88. The molecule has 5 nitrogen and oxygen atoms in total. The fraction of sp³-hybridized carbons (Fsp3) is 0.429. The Labute approximate surface area is 113 Å². The zero-order chi connectivity index (χ0) is 13.7. The van der Waals surface area contributed by atoms with Crippen LogP contribution in [0, 0.1) is 5.92 Å². The number of pyridine rings is 1. The van der Waals surface area contributed by atoms with Gasteiger partial charge in [-0.15, -0.1) is 0 Å². The fourth-order valence-electron chi connectivity index (χ4n) is 1.72. The molecule has 0 fully saturated rings. The Bertz CT molecular complexity index is 522. The molecule has 0 radical (unpaired) electrons.